The topological polar surface area (TPSA) is 37.8 Å². The Morgan fingerprint density at radius 1 is 1.41 bits per heavy atom. The predicted molar refractivity (Wildman–Crippen MR) is 66.1 cm³/mol. The number of aryl methyl sites for hydroxylation is 1. The van der Waals surface area contributed by atoms with Crippen LogP contribution in [0.25, 0.3) is 0 Å². The molecule has 1 aromatic heterocycles. The number of rotatable bonds is 3. The molecule has 0 spiro atoms. The second-order valence-electron chi connectivity index (χ2n) is 3.51. The zero-order valence-electron chi connectivity index (χ0n) is 9.24. The Hall–Kier alpha value is -1.68. The monoisotopic (exact) mass is 251 g/mol. The maximum atomic E-state index is 13.4. The van der Waals surface area contributed by atoms with Gasteiger partial charge in [0.1, 0.15) is 0 Å². The number of hydrogen-bond donors (Lipinski definition) is 1. The first-order valence-electron chi connectivity index (χ1n) is 5.23. The van der Waals surface area contributed by atoms with Gasteiger partial charge in [-0.15, -0.1) is 0 Å². The van der Waals surface area contributed by atoms with Crippen LogP contribution in [0, 0.1) is 5.82 Å². The van der Waals surface area contributed by atoms with Crippen LogP contribution in [-0.4, -0.2) is 9.97 Å². The van der Waals surface area contributed by atoms with Crippen LogP contribution in [0.15, 0.2) is 30.5 Å². The van der Waals surface area contributed by atoms with E-state index in [4.69, 9.17) is 11.6 Å². The number of nitrogens with one attached hydrogen (secondary N) is 1. The van der Waals surface area contributed by atoms with Gasteiger partial charge in [0.2, 0.25) is 5.28 Å². The second-order valence-corrected chi connectivity index (χ2v) is 3.85. The van der Waals surface area contributed by atoms with Crippen LogP contribution in [0.1, 0.15) is 12.5 Å². The minimum absolute atomic E-state index is 0.0144. The van der Waals surface area contributed by atoms with E-state index < -0.39 is 5.82 Å². The summed E-state index contributed by atoms with van der Waals surface area (Å²) in [4.78, 5) is 7.35. The molecular formula is C12H11ClFN3. The molecule has 0 bridgehead atoms. The third-order valence-corrected chi connectivity index (χ3v) is 2.49. The zero-order valence-corrected chi connectivity index (χ0v) is 10.0. The Bertz CT molecular complexity index is 531. The molecular weight excluding hydrogens is 241 g/mol. The summed E-state index contributed by atoms with van der Waals surface area (Å²) in [5, 5.41) is 2.89. The minimum Gasteiger partial charge on any atom is -0.338 e. The van der Waals surface area contributed by atoms with Gasteiger partial charge in [-0.05, 0) is 35.7 Å². The van der Waals surface area contributed by atoms with Crippen LogP contribution >= 0.6 is 11.6 Å². The first-order chi connectivity index (χ1) is 8.19. The number of nitrogens with zero attached hydrogens (tertiary/aromatic N) is 2. The molecule has 0 aliphatic heterocycles. The van der Waals surface area contributed by atoms with Crippen molar-refractivity contribution in [2.24, 2.45) is 0 Å². The first-order valence-corrected chi connectivity index (χ1v) is 5.61. The van der Waals surface area contributed by atoms with E-state index in [2.05, 4.69) is 22.2 Å². The van der Waals surface area contributed by atoms with Gasteiger partial charge in [0.05, 0.1) is 6.20 Å². The summed E-state index contributed by atoms with van der Waals surface area (Å²) in [6.45, 7) is 2.06. The highest BCUT2D eigenvalue weighted by atomic mass is 35.5. The second kappa shape index (κ2) is 5.10. The van der Waals surface area contributed by atoms with Crippen LogP contribution in [0.2, 0.25) is 5.28 Å². The van der Waals surface area contributed by atoms with E-state index in [1.54, 1.807) is 0 Å². The summed E-state index contributed by atoms with van der Waals surface area (Å²) in [5.41, 5.74) is 1.94. The Kier molecular flexibility index (Phi) is 3.54. The quantitative estimate of drug-likeness (QED) is 0.848. The van der Waals surface area contributed by atoms with Gasteiger partial charge in [-0.1, -0.05) is 19.1 Å². The van der Waals surface area contributed by atoms with Crippen molar-refractivity contribution in [2.75, 3.05) is 5.32 Å². The van der Waals surface area contributed by atoms with E-state index in [0.29, 0.717) is 0 Å². The number of hydrogen-bond acceptors (Lipinski definition) is 3. The predicted octanol–water partition coefficient (Wildman–Crippen LogP) is 3.58. The van der Waals surface area contributed by atoms with Crippen molar-refractivity contribution in [3.8, 4) is 0 Å². The van der Waals surface area contributed by atoms with Crippen molar-refractivity contribution in [1.82, 2.24) is 9.97 Å². The number of benzene rings is 1. The minimum atomic E-state index is -0.531. The van der Waals surface area contributed by atoms with Crippen molar-refractivity contribution >= 4 is 23.1 Å². The normalized spacial score (nSPS) is 10.3. The van der Waals surface area contributed by atoms with E-state index in [1.807, 2.05) is 24.3 Å². The standard InChI is InChI=1S/C12H11ClFN3/c1-2-8-4-3-5-9(6-8)16-11-10(14)7-15-12(13)17-11/h3-7H,2H2,1H3,(H,15,16,17). The fourth-order valence-corrected chi connectivity index (χ4v) is 1.57. The highest BCUT2D eigenvalue weighted by molar-refractivity contribution is 6.28. The van der Waals surface area contributed by atoms with Crippen molar-refractivity contribution in [1.29, 1.82) is 0 Å². The summed E-state index contributed by atoms with van der Waals surface area (Å²) < 4.78 is 13.4. The Balaban J connectivity index is 2.27. The molecule has 0 aliphatic carbocycles. The van der Waals surface area contributed by atoms with E-state index in [-0.39, 0.29) is 11.1 Å². The van der Waals surface area contributed by atoms with E-state index in [0.717, 1.165) is 23.9 Å². The van der Waals surface area contributed by atoms with Crippen molar-refractivity contribution in [2.45, 2.75) is 13.3 Å². The molecule has 5 heteroatoms. The van der Waals surface area contributed by atoms with Gasteiger partial charge in [0.25, 0.3) is 0 Å². The highest BCUT2D eigenvalue weighted by Crippen LogP contribution is 2.19. The largest absolute Gasteiger partial charge is 0.338 e. The molecule has 1 N–H and O–H groups in total. The van der Waals surface area contributed by atoms with Crippen molar-refractivity contribution in [3.63, 3.8) is 0 Å². The van der Waals surface area contributed by atoms with Gasteiger partial charge < -0.3 is 5.32 Å². The maximum absolute atomic E-state index is 13.4. The van der Waals surface area contributed by atoms with Crippen LogP contribution in [0.5, 0.6) is 0 Å². The lowest BCUT2D eigenvalue weighted by Crippen LogP contribution is -1.99. The molecule has 0 saturated carbocycles. The average molecular weight is 252 g/mol. The molecule has 1 aromatic carbocycles. The van der Waals surface area contributed by atoms with Crippen LogP contribution in [-0.2, 0) is 6.42 Å². The fraction of sp³-hybridized carbons (Fsp3) is 0.167. The van der Waals surface area contributed by atoms with Gasteiger partial charge in [-0.25, -0.2) is 9.37 Å². The third kappa shape index (κ3) is 2.91. The Morgan fingerprint density at radius 2 is 2.24 bits per heavy atom. The molecule has 2 rings (SSSR count). The summed E-state index contributed by atoms with van der Waals surface area (Å²) in [6.07, 6.45) is 1.96. The highest BCUT2D eigenvalue weighted by Gasteiger charge is 2.06. The first kappa shape index (κ1) is 11.8. The lowest BCUT2D eigenvalue weighted by molar-refractivity contribution is 0.619. The summed E-state index contributed by atoms with van der Waals surface area (Å²) in [5.74, 6) is -0.449. The van der Waals surface area contributed by atoms with Gasteiger partial charge in [0.15, 0.2) is 11.6 Å². The molecule has 17 heavy (non-hydrogen) atoms. The van der Waals surface area contributed by atoms with E-state index in [9.17, 15) is 4.39 Å². The van der Waals surface area contributed by atoms with Gasteiger partial charge in [0, 0.05) is 5.69 Å². The molecule has 88 valence electrons. The molecule has 0 aliphatic rings. The SMILES string of the molecule is CCc1cccc(Nc2nc(Cl)ncc2F)c1. The molecule has 3 nitrogen and oxygen atoms in total. The van der Waals surface area contributed by atoms with Gasteiger partial charge in [-0.2, -0.15) is 4.98 Å². The van der Waals surface area contributed by atoms with Crippen LogP contribution in [0.3, 0.4) is 0 Å². The molecule has 1 heterocycles. The molecule has 0 atom stereocenters. The van der Waals surface area contributed by atoms with Crippen molar-refractivity contribution < 1.29 is 4.39 Å². The lowest BCUT2D eigenvalue weighted by atomic mass is 10.1. The smallest absolute Gasteiger partial charge is 0.224 e. The van der Waals surface area contributed by atoms with Crippen LogP contribution in [0.4, 0.5) is 15.9 Å². The molecule has 0 fully saturated rings. The molecule has 0 saturated heterocycles. The Morgan fingerprint density at radius 3 is 3.00 bits per heavy atom. The van der Waals surface area contributed by atoms with Gasteiger partial charge >= 0.3 is 0 Å². The average Bonchev–Trinajstić information content (AvgIpc) is 2.34. The van der Waals surface area contributed by atoms with E-state index in [1.165, 1.54) is 0 Å². The molecule has 0 radical (unpaired) electrons. The maximum Gasteiger partial charge on any atom is 0.224 e. The lowest BCUT2D eigenvalue weighted by Gasteiger charge is -2.07. The Labute approximate surface area is 104 Å². The number of aromatic nitrogens is 2. The zero-order chi connectivity index (χ0) is 12.3. The molecule has 0 unspecified atom stereocenters. The molecule has 0 amide bonds. The van der Waals surface area contributed by atoms with Gasteiger partial charge in [-0.3, -0.25) is 0 Å². The fourth-order valence-electron chi connectivity index (χ4n) is 1.44. The summed E-state index contributed by atoms with van der Waals surface area (Å²) in [7, 11) is 0. The van der Waals surface area contributed by atoms with Crippen molar-refractivity contribution in [3.05, 3.63) is 47.1 Å². The molecule has 2 aromatic rings. The third-order valence-electron chi connectivity index (χ3n) is 2.31. The summed E-state index contributed by atoms with van der Waals surface area (Å²) in [6, 6.07) is 7.69. The summed E-state index contributed by atoms with van der Waals surface area (Å²) >= 11 is 5.61. The van der Waals surface area contributed by atoms with E-state index >= 15 is 0 Å². The number of halogens is 2. The number of anilines is 2. The van der Waals surface area contributed by atoms with Crippen LogP contribution < -0.4 is 5.32 Å².